The lowest BCUT2D eigenvalue weighted by atomic mass is 10.0. The fourth-order valence-electron chi connectivity index (χ4n) is 3.76. The van der Waals surface area contributed by atoms with Crippen LogP contribution < -0.4 is 5.32 Å². The van der Waals surface area contributed by atoms with E-state index in [0.29, 0.717) is 19.6 Å². The minimum Gasteiger partial charge on any atom is -0.336 e. The lowest BCUT2D eigenvalue weighted by Gasteiger charge is -2.34. The Balaban J connectivity index is 1.32. The van der Waals surface area contributed by atoms with E-state index >= 15 is 0 Å². The number of amides is 3. The highest BCUT2D eigenvalue weighted by atomic mass is 16.2. The first-order valence-electron chi connectivity index (χ1n) is 9.20. The molecule has 3 amide bonds. The molecule has 6 heteroatoms. The Morgan fingerprint density at radius 3 is 2.42 bits per heavy atom. The van der Waals surface area contributed by atoms with Crippen LogP contribution in [0.15, 0.2) is 42.5 Å². The zero-order valence-electron chi connectivity index (χ0n) is 14.9. The van der Waals surface area contributed by atoms with Crippen LogP contribution in [0.1, 0.15) is 5.56 Å². The van der Waals surface area contributed by atoms with E-state index < -0.39 is 0 Å². The fourth-order valence-corrected chi connectivity index (χ4v) is 3.76. The molecule has 6 nitrogen and oxygen atoms in total. The Morgan fingerprint density at radius 1 is 0.923 bits per heavy atom. The molecule has 0 bridgehead atoms. The Morgan fingerprint density at radius 2 is 1.65 bits per heavy atom. The second kappa shape index (κ2) is 7.43. The number of piperazine rings is 1. The van der Waals surface area contributed by atoms with Crippen molar-refractivity contribution in [1.82, 2.24) is 20.0 Å². The summed E-state index contributed by atoms with van der Waals surface area (Å²) >= 11 is 0. The highest BCUT2D eigenvalue weighted by molar-refractivity contribution is 5.96. The van der Waals surface area contributed by atoms with Gasteiger partial charge in [0.2, 0.25) is 5.91 Å². The molecule has 2 aromatic rings. The molecule has 0 spiro atoms. The van der Waals surface area contributed by atoms with Crippen molar-refractivity contribution in [1.29, 1.82) is 0 Å². The highest BCUT2D eigenvalue weighted by Crippen LogP contribution is 2.20. The third-order valence-electron chi connectivity index (χ3n) is 5.26. The molecule has 2 aliphatic heterocycles. The van der Waals surface area contributed by atoms with Gasteiger partial charge in [-0.2, -0.15) is 0 Å². The number of urea groups is 1. The lowest BCUT2D eigenvalue weighted by molar-refractivity contribution is -0.129. The molecule has 2 saturated heterocycles. The lowest BCUT2D eigenvalue weighted by Crippen LogP contribution is -2.50. The Kier molecular flexibility index (Phi) is 4.86. The van der Waals surface area contributed by atoms with E-state index in [1.54, 1.807) is 0 Å². The molecule has 4 rings (SSSR count). The van der Waals surface area contributed by atoms with Crippen LogP contribution in [-0.2, 0) is 11.3 Å². The normalized spacial score (nSPS) is 19.1. The van der Waals surface area contributed by atoms with Crippen LogP contribution in [0, 0.1) is 0 Å². The molecule has 1 N–H and O–H groups in total. The van der Waals surface area contributed by atoms with Crippen molar-refractivity contribution in [2.45, 2.75) is 6.54 Å². The molecule has 0 unspecified atom stereocenters. The zero-order valence-corrected chi connectivity index (χ0v) is 14.9. The number of hydrogen-bond acceptors (Lipinski definition) is 4. The molecule has 2 fully saturated rings. The number of hydrogen-bond donors (Lipinski definition) is 1. The van der Waals surface area contributed by atoms with Gasteiger partial charge in [-0.25, -0.2) is 4.79 Å². The number of carbonyl (C=O) groups excluding carboxylic acids is 2. The van der Waals surface area contributed by atoms with Crippen molar-refractivity contribution in [3.63, 3.8) is 0 Å². The maximum absolute atomic E-state index is 12.3. The van der Waals surface area contributed by atoms with Gasteiger partial charge in [-0.1, -0.05) is 42.5 Å². The van der Waals surface area contributed by atoms with Crippen molar-refractivity contribution in [2.75, 3.05) is 45.8 Å². The van der Waals surface area contributed by atoms with Gasteiger partial charge in [-0.05, 0) is 16.3 Å². The summed E-state index contributed by atoms with van der Waals surface area (Å²) in [6.07, 6.45) is 0. The average Bonchev–Trinajstić information content (AvgIpc) is 3.10. The Labute approximate surface area is 153 Å². The standard InChI is InChI=1S/C20H24N4O2/c25-19(24-9-8-21-20(24)26)15-23-12-10-22(11-13-23)14-17-6-3-5-16-4-1-2-7-18(16)17/h1-7H,8-15H2,(H,21,26). The number of carbonyl (C=O) groups is 2. The van der Waals surface area contributed by atoms with Gasteiger partial charge in [0.1, 0.15) is 0 Å². The van der Waals surface area contributed by atoms with E-state index in [1.165, 1.54) is 21.2 Å². The van der Waals surface area contributed by atoms with Crippen LogP contribution in [0.3, 0.4) is 0 Å². The molecule has 0 aromatic heterocycles. The topological polar surface area (TPSA) is 55.9 Å². The third-order valence-corrected chi connectivity index (χ3v) is 5.26. The average molecular weight is 352 g/mol. The van der Waals surface area contributed by atoms with Gasteiger partial charge in [-0.15, -0.1) is 0 Å². The minimum absolute atomic E-state index is 0.0949. The third kappa shape index (κ3) is 3.57. The number of fused-ring (bicyclic) bond motifs is 1. The largest absolute Gasteiger partial charge is 0.336 e. The van der Waals surface area contributed by atoms with Crippen LogP contribution in [0.2, 0.25) is 0 Å². The van der Waals surface area contributed by atoms with Crippen molar-refractivity contribution in [3.05, 3.63) is 48.0 Å². The van der Waals surface area contributed by atoms with Crippen LogP contribution in [0.25, 0.3) is 10.8 Å². The van der Waals surface area contributed by atoms with E-state index in [1.807, 2.05) is 0 Å². The van der Waals surface area contributed by atoms with Crippen molar-refractivity contribution >= 4 is 22.7 Å². The molecule has 0 aliphatic carbocycles. The second-order valence-electron chi connectivity index (χ2n) is 6.97. The maximum Gasteiger partial charge on any atom is 0.324 e. The quantitative estimate of drug-likeness (QED) is 0.906. The molecular formula is C20H24N4O2. The summed E-state index contributed by atoms with van der Waals surface area (Å²) in [7, 11) is 0. The number of benzene rings is 2. The van der Waals surface area contributed by atoms with E-state index in [2.05, 4.69) is 57.6 Å². The summed E-state index contributed by atoms with van der Waals surface area (Å²) in [5, 5.41) is 5.26. The first-order valence-corrected chi connectivity index (χ1v) is 9.20. The predicted octanol–water partition coefficient (Wildman–Crippen LogP) is 1.51. The van der Waals surface area contributed by atoms with E-state index in [4.69, 9.17) is 0 Å². The van der Waals surface area contributed by atoms with Gasteiger partial charge in [-0.3, -0.25) is 19.5 Å². The number of nitrogens with zero attached hydrogens (tertiary/aromatic N) is 3. The van der Waals surface area contributed by atoms with Crippen LogP contribution in [0.4, 0.5) is 4.79 Å². The van der Waals surface area contributed by atoms with Gasteiger partial charge in [0, 0.05) is 45.8 Å². The van der Waals surface area contributed by atoms with Crippen LogP contribution >= 0.6 is 0 Å². The smallest absolute Gasteiger partial charge is 0.324 e. The first kappa shape index (κ1) is 17.0. The molecular weight excluding hydrogens is 328 g/mol. The molecule has 0 radical (unpaired) electrons. The van der Waals surface area contributed by atoms with Crippen molar-refractivity contribution in [2.24, 2.45) is 0 Å². The molecule has 136 valence electrons. The summed E-state index contributed by atoms with van der Waals surface area (Å²) in [5.41, 5.74) is 1.35. The fraction of sp³-hybridized carbons (Fsp3) is 0.400. The van der Waals surface area contributed by atoms with Crippen molar-refractivity contribution < 1.29 is 9.59 Å². The summed E-state index contributed by atoms with van der Waals surface area (Å²) in [6.45, 7) is 5.87. The molecule has 2 aromatic carbocycles. The SMILES string of the molecule is O=C(CN1CCN(Cc2cccc3ccccc23)CC1)N1CCNC1=O. The summed E-state index contributed by atoms with van der Waals surface area (Å²) in [6, 6.07) is 14.7. The number of nitrogens with one attached hydrogen (secondary N) is 1. The van der Waals surface area contributed by atoms with E-state index in [9.17, 15) is 9.59 Å². The summed E-state index contributed by atoms with van der Waals surface area (Å²) in [4.78, 5) is 29.7. The van der Waals surface area contributed by atoms with E-state index in [-0.39, 0.29) is 11.9 Å². The second-order valence-corrected chi connectivity index (χ2v) is 6.97. The van der Waals surface area contributed by atoms with Crippen LogP contribution in [0.5, 0.6) is 0 Å². The van der Waals surface area contributed by atoms with E-state index in [0.717, 1.165) is 32.7 Å². The predicted molar refractivity (Wildman–Crippen MR) is 101 cm³/mol. The molecule has 0 saturated carbocycles. The zero-order chi connectivity index (χ0) is 17.9. The molecule has 26 heavy (non-hydrogen) atoms. The monoisotopic (exact) mass is 352 g/mol. The molecule has 2 heterocycles. The van der Waals surface area contributed by atoms with Crippen molar-refractivity contribution in [3.8, 4) is 0 Å². The number of rotatable bonds is 4. The summed E-state index contributed by atoms with van der Waals surface area (Å²) in [5.74, 6) is -0.0949. The maximum atomic E-state index is 12.3. The molecule has 2 aliphatic rings. The van der Waals surface area contributed by atoms with Gasteiger partial charge < -0.3 is 5.32 Å². The van der Waals surface area contributed by atoms with Crippen LogP contribution in [-0.4, -0.2) is 72.5 Å². The van der Waals surface area contributed by atoms with Gasteiger partial charge in [0.05, 0.1) is 6.54 Å². The Hall–Kier alpha value is -2.44. The Bertz CT molecular complexity index is 809. The highest BCUT2D eigenvalue weighted by Gasteiger charge is 2.28. The minimum atomic E-state index is -0.260. The van der Waals surface area contributed by atoms with Gasteiger partial charge in [0.15, 0.2) is 0 Å². The van der Waals surface area contributed by atoms with Gasteiger partial charge >= 0.3 is 6.03 Å². The number of imide groups is 1. The first-order chi connectivity index (χ1) is 12.7. The molecule has 0 atom stereocenters. The van der Waals surface area contributed by atoms with Gasteiger partial charge in [0.25, 0.3) is 0 Å². The summed E-state index contributed by atoms with van der Waals surface area (Å²) < 4.78 is 0.